The third-order valence-corrected chi connectivity index (χ3v) is 3.51. The third-order valence-electron chi connectivity index (χ3n) is 3.11. The molecule has 0 bridgehead atoms. The quantitative estimate of drug-likeness (QED) is 0.880. The highest BCUT2D eigenvalue weighted by Gasteiger charge is 2.21. The molecule has 16 heavy (non-hydrogen) atoms. The Balaban J connectivity index is 2.48. The van der Waals surface area contributed by atoms with E-state index in [-0.39, 0.29) is 6.04 Å². The molecular formula is C13H18ClNO. The lowest BCUT2D eigenvalue weighted by molar-refractivity contribution is 0.408. The van der Waals surface area contributed by atoms with E-state index in [1.807, 2.05) is 6.92 Å². The maximum absolute atomic E-state index is 6.38. The van der Waals surface area contributed by atoms with Gasteiger partial charge >= 0.3 is 0 Å². The summed E-state index contributed by atoms with van der Waals surface area (Å²) in [5.41, 5.74) is 9.63. The summed E-state index contributed by atoms with van der Waals surface area (Å²) in [7, 11) is 1.67. The number of benzene rings is 1. The second-order valence-electron chi connectivity index (χ2n) is 4.56. The predicted octanol–water partition coefficient (Wildman–Crippen LogP) is 2.73. The zero-order valence-corrected chi connectivity index (χ0v) is 10.6. The molecule has 0 fully saturated rings. The Labute approximate surface area is 102 Å². The van der Waals surface area contributed by atoms with E-state index < -0.39 is 0 Å². The minimum Gasteiger partial charge on any atom is -0.495 e. The molecule has 1 atom stereocenters. The molecule has 0 amide bonds. The Morgan fingerprint density at radius 2 is 2.25 bits per heavy atom. The van der Waals surface area contributed by atoms with Crippen LogP contribution in [0.15, 0.2) is 6.07 Å². The monoisotopic (exact) mass is 239 g/mol. The van der Waals surface area contributed by atoms with E-state index in [4.69, 9.17) is 22.1 Å². The van der Waals surface area contributed by atoms with Crippen LogP contribution in [0.25, 0.3) is 0 Å². The van der Waals surface area contributed by atoms with Gasteiger partial charge < -0.3 is 10.5 Å². The van der Waals surface area contributed by atoms with Gasteiger partial charge in [-0.2, -0.15) is 0 Å². The number of aryl methyl sites for hydroxylation is 1. The van der Waals surface area contributed by atoms with Gasteiger partial charge in [0.05, 0.1) is 12.1 Å². The number of methoxy groups -OCH3 is 1. The Hall–Kier alpha value is -0.730. The molecule has 2 rings (SSSR count). The highest BCUT2D eigenvalue weighted by molar-refractivity contribution is 6.33. The highest BCUT2D eigenvalue weighted by atomic mass is 35.5. The normalized spacial score (nSPS) is 16.0. The molecule has 0 saturated heterocycles. The van der Waals surface area contributed by atoms with Crippen LogP contribution in [0.2, 0.25) is 5.02 Å². The molecule has 2 N–H and O–H groups in total. The SMILES string of the molecule is COc1c(CC(C)N)cc2c(c1Cl)CCC2. The number of halogens is 1. The Morgan fingerprint density at radius 3 is 2.88 bits per heavy atom. The van der Waals surface area contributed by atoms with Crippen LogP contribution in [0.3, 0.4) is 0 Å². The molecule has 0 saturated carbocycles. The van der Waals surface area contributed by atoms with Crippen LogP contribution >= 0.6 is 11.6 Å². The molecule has 1 aliphatic rings. The number of fused-ring (bicyclic) bond motifs is 1. The minimum absolute atomic E-state index is 0.129. The molecule has 0 aromatic heterocycles. The van der Waals surface area contributed by atoms with Crippen molar-refractivity contribution < 1.29 is 4.74 Å². The molecule has 0 heterocycles. The molecule has 1 unspecified atom stereocenters. The van der Waals surface area contributed by atoms with Crippen molar-refractivity contribution in [2.75, 3.05) is 7.11 Å². The third kappa shape index (κ3) is 2.04. The highest BCUT2D eigenvalue weighted by Crippen LogP contribution is 2.39. The smallest absolute Gasteiger partial charge is 0.140 e. The lowest BCUT2D eigenvalue weighted by atomic mass is 10.0. The summed E-state index contributed by atoms with van der Waals surface area (Å²) in [6, 6.07) is 2.35. The van der Waals surface area contributed by atoms with Crippen LogP contribution in [0, 0.1) is 0 Å². The van der Waals surface area contributed by atoms with Gasteiger partial charge in [-0.25, -0.2) is 0 Å². The van der Waals surface area contributed by atoms with Gasteiger partial charge in [-0.05, 0) is 49.3 Å². The van der Waals surface area contributed by atoms with E-state index in [1.54, 1.807) is 7.11 Å². The second kappa shape index (κ2) is 4.64. The van der Waals surface area contributed by atoms with Gasteiger partial charge in [-0.3, -0.25) is 0 Å². The summed E-state index contributed by atoms with van der Waals surface area (Å²) in [6.07, 6.45) is 4.21. The van der Waals surface area contributed by atoms with E-state index in [2.05, 4.69) is 6.07 Å². The van der Waals surface area contributed by atoms with Crippen molar-refractivity contribution in [3.8, 4) is 5.75 Å². The molecule has 1 aromatic carbocycles. The van der Waals surface area contributed by atoms with E-state index >= 15 is 0 Å². The van der Waals surface area contributed by atoms with Crippen molar-refractivity contribution in [3.63, 3.8) is 0 Å². The molecule has 88 valence electrons. The zero-order chi connectivity index (χ0) is 11.7. The van der Waals surface area contributed by atoms with Crippen molar-refractivity contribution in [2.24, 2.45) is 5.73 Å². The summed E-state index contributed by atoms with van der Waals surface area (Å²) in [5.74, 6) is 0.819. The Kier molecular flexibility index (Phi) is 3.41. The average molecular weight is 240 g/mol. The lowest BCUT2D eigenvalue weighted by Gasteiger charge is -2.15. The molecule has 1 aromatic rings. The van der Waals surface area contributed by atoms with Gasteiger partial charge in [0.25, 0.3) is 0 Å². The lowest BCUT2D eigenvalue weighted by Crippen LogP contribution is -2.18. The maximum atomic E-state index is 6.38. The molecule has 0 radical (unpaired) electrons. The van der Waals surface area contributed by atoms with Gasteiger partial charge in [0, 0.05) is 6.04 Å². The van der Waals surface area contributed by atoms with E-state index in [0.717, 1.165) is 35.6 Å². The summed E-state index contributed by atoms with van der Waals surface area (Å²) in [4.78, 5) is 0. The van der Waals surface area contributed by atoms with Crippen LogP contribution in [0.5, 0.6) is 5.75 Å². The first-order chi connectivity index (χ1) is 7.63. The zero-order valence-electron chi connectivity index (χ0n) is 9.85. The van der Waals surface area contributed by atoms with Gasteiger partial charge in [0.2, 0.25) is 0 Å². The maximum Gasteiger partial charge on any atom is 0.140 e. The van der Waals surface area contributed by atoms with Crippen molar-refractivity contribution >= 4 is 11.6 Å². The first-order valence-corrected chi connectivity index (χ1v) is 6.14. The van der Waals surface area contributed by atoms with Crippen molar-refractivity contribution in [1.82, 2.24) is 0 Å². The van der Waals surface area contributed by atoms with Crippen LogP contribution in [-0.4, -0.2) is 13.2 Å². The largest absolute Gasteiger partial charge is 0.495 e. The first-order valence-electron chi connectivity index (χ1n) is 5.76. The fourth-order valence-electron chi connectivity index (χ4n) is 2.45. The summed E-state index contributed by atoms with van der Waals surface area (Å²) < 4.78 is 5.41. The standard InChI is InChI=1S/C13H18ClNO/c1-8(15)6-10-7-9-4-3-5-11(9)12(14)13(10)16-2/h7-8H,3-6,15H2,1-2H3. The molecule has 0 spiro atoms. The summed E-state index contributed by atoms with van der Waals surface area (Å²) >= 11 is 6.38. The Bertz CT molecular complexity index is 401. The molecular weight excluding hydrogens is 222 g/mol. The fraction of sp³-hybridized carbons (Fsp3) is 0.538. The molecule has 1 aliphatic carbocycles. The van der Waals surface area contributed by atoms with Crippen LogP contribution in [-0.2, 0) is 19.3 Å². The van der Waals surface area contributed by atoms with E-state index in [9.17, 15) is 0 Å². The number of hydrogen-bond acceptors (Lipinski definition) is 2. The molecule has 0 aliphatic heterocycles. The first kappa shape index (κ1) is 11.7. The number of nitrogens with two attached hydrogens (primary N) is 1. The summed E-state index contributed by atoms with van der Waals surface area (Å²) in [5, 5.41) is 0.799. The van der Waals surface area contributed by atoms with Gasteiger partial charge in [0.15, 0.2) is 0 Å². The van der Waals surface area contributed by atoms with Crippen molar-refractivity contribution in [3.05, 3.63) is 27.8 Å². The average Bonchev–Trinajstić information content (AvgIpc) is 2.65. The van der Waals surface area contributed by atoms with E-state index in [0.29, 0.717) is 0 Å². The van der Waals surface area contributed by atoms with Gasteiger partial charge in [-0.1, -0.05) is 17.7 Å². The second-order valence-corrected chi connectivity index (χ2v) is 4.93. The van der Waals surface area contributed by atoms with Crippen LogP contribution in [0.4, 0.5) is 0 Å². The summed E-state index contributed by atoms with van der Waals surface area (Å²) in [6.45, 7) is 2.00. The molecule has 2 nitrogen and oxygen atoms in total. The van der Waals surface area contributed by atoms with E-state index in [1.165, 1.54) is 17.5 Å². The van der Waals surface area contributed by atoms with Crippen LogP contribution in [0.1, 0.15) is 30.0 Å². The van der Waals surface area contributed by atoms with Crippen LogP contribution < -0.4 is 10.5 Å². The van der Waals surface area contributed by atoms with Crippen molar-refractivity contribution in [1.29, 1.82) is 0 Å². The Morgan fingerprint density at radius 1 is 1.50 bits per heavy atom. The van der Waals surface area contributed by atoms with Gasteiger partial charge in [0.1, 0.15) is 5.75 Å². The fourth-order valence-corrected chi connectivity index (χ4v) is 2.86. The number of hydrogen-bond donors (Lipinski definition) is 1. The number of rotatable bonds is 3. The molecule has 3 heteroatoms. The minimum atomic E-state index is 0.129. The van der Waals surface area contributed by atoms with Crippen molar-refractivity contribution in [2.45, 2.75) is 38.6 Å². The predicted molar refractivity (Wildman–Crippen MR) is 67.4 cm³/mol. The number of ether oxygens (including phenoxy) is 1. The van der Waals surface area contributed by atoms with Gasteiger partial charge in [-0.15, -0.1) is 0 Å². The topological polar surface area (TPSA) is 35.2 Å².